The number of oxazole rings is 1. The third kappa shape index (κ3) is 26.9. The summed E-state index contributed by atoms with van der Waals surface area (Å²) in [5, 5.41) is 44.3. The van der Waals surface area contributed by atoms with Gasteiger partial charge in [-0.2, -0.15) is 10.1 Å². The molecule has 0 unspecified atom stereocenters. The van der Waals surface area contributed by atoms with Crippen LogP contribution in [0.2, 0.25) is 0 Å². The molecular formula is C95H139N13O22. The average molecular weight is 1820 g/mol. The number of nitrogen functional groups attached to an aromatic ring is 2. The number of hydrogen-bond donors (Lipinski definition) is 7. The third-order valence-corrected chi connectivity index (χ3v) is 26.8. The molecule has 9 heterocycles. The number of aliphatic hydroxyl groups excluding tert-OH is 2. The molecule has 6 aliphatic heterocycles. The molecule has 4 bridgehead atoms. The number of ketones is 2. The fraction of sp³-hybridized carbons (Fsp3) is 0.663. The number of carbonyl (C=O) groups excluding carboxylic acids is 6. The Kier molecular flexibility index (Phi) is 37.7. The summed E-state index contributed by atoms with van der Waals surface area (Å²) in [7, 11) is 4.49. The lowest BCUT2D eigenvalue weighted by atomic mass is 9.80. The Bertz CT molecular complexity index is 4680. The summed E-state index contributed by atoms with van der Waals surface area (Å²) in [6, 6.07) is 10.8. The minimum absolute atomic E-state index is 0.0150. The van der Waals surface area contributed by atoms with E-state index in [1.165, 1.54) is 19.0 Å². The SMILES string of the molecule is CO[C@H]1C[C@@H]2CC[C@@H](C)[C@@](O)(O2)C(=O)C(=O)N2CCCC[C@H]2C(=O)O[C@H]([C@H](N)C[C@@H]2CC[C@@H](OC(=O)NCCOCCOCCN3C[C@@H]4C[C@H]3CN4CCOCCOCCOCCOCCC(=O)N3CCc4cc(Cn5nc(-c6ccc7oc(N)nc7c6)c6c(N)ncnc65)ccc4C3)[C@H](OC)C2)C[C@@H](O)[C@H](C)/C=C(\C)[C@@H](O)[C@@H](OC)C(=O)[C@H](C)C[C@H](C)/C=C/C=C/C=C/1C. The molecule has 130 heavy (non-hydrogen) atoms. The normalized spacial score (nSPS) is 29.6. The number of methoxy groups -OCH3 is 3. The second-order valence-corrected chi connectivity index (χ2v) is 36.1. The molecule has 3 aromatic heterocycles. The summed E-state index contributed by atoms with van der Waals surface area (Å²) in [4.78, 5) is 105. The molecule has 18 atom stereocenters. The number of likely N-dealkylation sites (tertiary alicyclic amines) is 2. The number of nitrogens with one attached hydrogen (secondary N) is 1. The fourth-order valence-electron chi connectivity index (χ4n) is 19.2. The van der Waals surface area contributed by atoms with Crippen LogP contribution in [0.25, 0.3) is 33.4 Å². The molecule has 5 fully saturated rings. The number of rotatable bonds is 34. The molecule has 0 spiro atoms. The number of piperidine rings is 1. The molecule has 4 saturated heterocycles. The van der Waals surface area contributed by atoms with Gasteiger partial charge in [-0.15, -0.1) is 0 Å². The van der Waals surface area contributed by atoms with Crippen LogP contribution in [-0.2, 0) is 100 Å². The van der Waals surface area contributed by atoms with Gasteiger partial charge in [-0.25, -0.2) is 24.2 Å². The number of Topliss-reactive ketones (excluding diaryl/α,β-unsaturated/α-hetero) is 2. The quantitative estimate of drug-likeness (QED) is 0.00913. The van der Waals surface area contributed by atoms with E-state index in [1.54, 1.807) is 47.1 Å². The van der Waals surface area contributed by atoms with Gasteiger partial charge in [0.25, 0.3) is 17.7 Å². The number of esters is 1. The molecule has 1 saturated carbocycles. The standard InChI is InChI=1S/C95H139N13O22/c1-59-15-11-10-12-16-60(2)79(118-7)52-72-23-18-64(6)95(117,130-72)88(113)91(114)107-29-14-13-17-75(107)92(115)127-80(53-76(109)61(3)46-63(5)86(112)87(120-9)85(111)62(4)45-59)73(96)48-65-20-24-78(81(49-65)119-8)129-94(116)99-28-34-122-38-39-123-35-31-104-56-71-51-70(104)57-105(71)32-36-124-40-42-126-44-43-125-41-37-121-33-27-82(110)106-30-26-67-47-66(19-21-69(67)55-106)54-108-90-83(89(97)100-58-101-90)84(103-108)68-22-25-77-74(50-68)102-93(98)128-77/h10-12,15-16,19,21-22,25,46-47,50,58-59,61-62,64-65,70-73,75-76,78-81,86-87,109,112,117H,13-14,17-18,20,23-24,26-45,48-49,51-57,96H2,1-9H3,(H2,98,102)(H,99,116)(H2,97,100,101)/b12-10+,15-11+,60-16+,63-46+/t59-,61-,62-,64-,65+,70+,71+,72+,73-,75+,76-,78-,79+,80+,81-,86-,87+,95-/m1/s1. The number of fused-ring (bicyclic) bond motifs is 8. The van der Waals surface area contributed by atoms with Crippen molar-refractivity contribution in [2.75, 3.05) is 158 Å². The van der Waals surface area contributed by atoms with Crippen molar-refractivity contribution < 1.29 is 105 Å². The number of benzene rings is 2. The number of piperazine rings is 1. The number of anilines is 2. The van der Waals surface area contributed by atoms with E-state index < -0.39 is 108 Å². The van der Waals surface area contributed by atoms with Crippen molar-refractivity contribution in [3.8, 4) is 11.3 Å². The molecule has 2 aromatic carbocycles. The van der Waals surface area contributed by atoms with Crippen LogP contribution < -0.4 is 22.5 Å². The van der Waals surface area contributed by atoms with Gasteiger partial charge in [0.1, 0.15) is 53.8 Å². The maximum Gasteiger partial charge on any atom is 0.407 e. The van der Waals surface area contributed by atoms with Crippen LogP contribution in [0.4, 0.5) is 16.6 Å². The first-order valence-corrected chi connectivity index (χ1v) is 46.5. The van der Waals surface area contributed by atoms with Crippen LogP contribution in [0.3, 0.4) is 0 Å². The molecule has 35 heteroatoms. The predicted octanol–water partition coefficient (Wildman–Crippen LogP) is 7.39. The van der Waals surface area contributed by atoms with Gasteiger partial charge in [-0.1, -0.05) is 82.4 Å². The lowest BCUT2D eigenvalue weighted by molar-refractivity contribution is -0.265. The first kappa shape index (κ1) is 100. The first-order valence-electron chi connectivity index (χ1n) is 46.5. The Labute approximate surface area is 762 Å². The number of hydrogen-bond acceptors (Lipinski definition) is 31. The Morgan fingerprint density at radius 2 is 1.42 bits per heavy atom. The molecule has 10 N–H and O–H groups in total. The molecule has 12 rings (SSSR count). The Morgan fingerprint density at radius 3 is 2.12 bits per heavy atom. The number of ether oxygens (including phenoxy) is 12. The zero-order chi connectivity index (χ0) is 92.5. The average Bonchev–Trinajstić information content (AvgIpc) is 1.18. The number of cyclic esters (lactones) is 1. The van der Waals surface area contributed by atoms with E-state index in [0.717, 1.165) is 66.2 Å². The van der Waals surface area contributed by atoms with Gasteiger partial charge in [0, 0.05) is 128 Å². The summed E-state index contributed by atoms with van der Waals surface area (Å²) < 4.78 is 78.2. The van der Waals surface area contributed by atoms with Gasteiger partial charge in [0.2, 0.25) is 11.7 Å². The smallest absolute Gasteiger partial charge is 0.407 e. The van der Waals surface area contributed by atoms with Crippen molar-refractivity contribution in [2.45, 2.75) is 230 Å². The van der Waals surface area contributed by atoms with Crippen LogP contribution in [0.15, 0.2) is 94.7 Å². The van der Waals surface area contributed by atoms with E-state index in [9.17, 15) is 44.1 Å². The number of alkyl carbamates (subject to hydrolysis) is 1. The van der Waals surface area contributed by atoms with Gasteiger partial charge in [-0.3, -0.25) is 29.0 Å². The monoisotopic (exact) mass is 1810 g/mol. The summed E-state index contributed by atoms with van der Waals surface area (Å²) in [6.45, 7) is 21.5. The maximum atomic E-state index is 14.8. The number of aromatic nitrogens is 5. The first-order chi connectivity index (χ1) is 62.7. The van der Waals surface area contributed by atoms with Crippen LogP contribution in [0.1, 0.15) is 148 Å². The molecular weight excluding hydrogens is 1680 g/mol. The third-order valence-electron chi connectivity index (χ3n) is 26.8. The highest BCUT2D eigenvalue weighted by Crippen LogP contribution is 2.40. The van der Waals surface area contributed by atoms with Crippen molar-refractivity contribution >= 4 is 69.4 Å². The van der Waals surface area contributed by atoms with E-state index >= 15 is 0 Å². The zero-order valence-electron chi connectivity index (χ0n) is 77.1. The molecule has 5 aromatic rings. The highest BCUT2D eigenvalue weighted by Gasteiger charge is 2.54. The Morgan fingerprint density at radius 1 is 0.715 bits per heavy atom. The minimum Gasteiger partial charge on any atom is -0.459 e. The lowest BCUT2D eigenvalue weighted by Gasteiger charge is -2.42. The van der Waals surface area contributed by atoms with Gasteiger partial charge >= 0.3 is 12.1 Å². The second kappa shape index (κ2) is 48.9. The van der Waals surface area contributed by atoms with E-state index in [0.29, 0.717) is 201 Å². The van der Waals surface area contributed by atoms with Gasteiger partial charge in [-0.05, 0) is 149 Å². The number of allylic oxidation sites excluding steroid dienone is 5. The summed E-state index contributed by atoms with van der Waals surface area (Å²) in [5.41, 5.74) is 27.1. The van der Waals surface area contributed by atoms with E-state index in [-0.39, 0.29) is 74.9 Å². The topological polar surface area (TPSA) is 447 Å². The molecule has 3 amide bonds. The van der Waals surface area contributed by atoms with E-state index in [4.69, 9.17) is 83.6 Å². The number of nitrogens with zero attached hydrogens (tertiary/aromatic N) is 9. The van der Waals surface area contributed by atoms with Crippen molar-refractivity contribution in [1.29, 1.82) is 0 Å². The number of nitrogens with two attached hydrogens (primary N) is 3. The Hall–Kier alpha value is -8.60. The molecule has 1 aliphatic carbocycles. The van der Waals surface area contributed by atoms with Gasteiger partial charge < -0.3 is 109 Å². The van der Waals surface area contributed by atoms with E-state index in [1.807, 2.05) is 72.9 Å². The van der Waals surface area contributed by atoms with Crippen LogP contribution in [0, 0.1) is 29.6 Å². The number of amides is 3. The number of aliphatic hydroxyl groups is 3. The highest BCUT2D eigenvalue weighted by molar-refractivity contribution is 6.39. The predicted molar refractivity (Wildman–Crippen MR) is 484 cm³/mol. The van der Waals surface area contributed by atoms with Crippen molar-refractivity contribution in [3.63, 3.8) is 0 Å². The molecule has 0 radical (unpaired) electrons. The van der Waals surface area contributed by atoms with Crippen molar-refractivity contribution in [2.24, 2.45) is 35.3 Å². The molecule has 35 nitrogen and oxygen atoms in total. The highest BCUT2D eigenvalue weighted by atomic mass is 16.6. The van der Waals surface area contributed by atoms with Gasteiger partial charge in [0.15, 0.2) is 17.0 Å². The maximum absolute atomic E-state index is 14.8. The minimum atomic E-state index is -2.49. The summed E-state index contributed by atoms with van der Waals surface area (Å²) in [5.74, 6) is -7.50. The number of carbonyl (C=O) groups is 6. The zero-order valence-corrected chi connectivity index (χ0v) is 77.1. The van der Waals surface area contributed by atoms with Crippen LogP contribution in [-0.4, -0.2) is 320 Å². The largest absolute Gasteiger partial charge is 0.459 e. The fourth-order valence-corrected chi connectivity index (χ4v) is 19.2. The summed E-state index contributed by atoms with van der Waals surface area (Å²) >= 11 is 0. The lowest BCUT2D eigenvalue weighted by Crippen LogP contribution is -2.61. The molecule has 7 aliphatic rings. The van der Waals surface area contributed by atoms with Crippen molar-refractivity contribution in [1.82, 2.24) is 49.6 Å². The summed E-state index contributed by atoms with van der Waals surface area (Å²) in [6.07, 6.45) is 11.4. The van der Waals surface area contributed by atoms with Crippen LogP contribution in [0.5, 0.6) is 0 Å². The van der Waals surface area contributed by atoms with Crippen LogP contribution >= 0.6 is 0 Å². The van der Waals surface area contributed by atoms with E-state index in [2.05, 4.69) is 48.3 Å². The Balaban J connectivity index is 0.496. The van der Waals surface area contributed by atoms with Gasteiger partial charge in [0.05, 0.1) is 122 Å². The molecule has 716 valence electrons. The second-order valence-electron chi connectivity index (χ2n) is 36.1. The van der Waals surface area contributed by atoms with Crippen molar-refractivity contribution in [3.05, 3.63) is 107 Å².